The van der Waals surface area contributed by atoms with Crippen LogP contribution in [0.15, 0.2) is 52.3 Å². The van der Waals surface area contributed by atoms with Crippen molar-refractivity contribution in [3.63, 3.8) is 0 Å². The van der Waals surface area contributed by atoms with Gasteiger partial charge in [0.15, 0.2) is 0 Å². The zero-order valence-corrected chi connectivity index (χ0v) is 17.2. The van der Waals surface area contributed by atoms with E-state index in [0.29, 0.717) is 0 Å². The van der Waals surface area contributed by atoms with Crippen LogP contribution in [0.25, 0.3) is 0 Å². The molecule has 0 aliphatic carbocycles. The number of carbonyl (C=O) groups is 1. The molecule has 0 spiro atoms. The molecule has 0 atom stereocenters. The Hall–Kier alpha value is -2.63. The van der Waals surface area contributed by atoms with Gasteiger partial charge in [-0.25, -0.2) is 21.1 Å². The second-order valence-electron chi connectivity index (χ2n) is 5.88. The molecule has 2 aromatic rings. The van der Waals surface area contributed by atoms with Gasteiger partial charge < -0.3 is 10.5 Å². The number of nitrogens with one attached hydrogen (secondary N) is 1. The fraction of sp³-hybridized carbons (Fsp3) is 0.235. The van der Waals surface area contributed by atoms with Crippen molar-refractivity contribution in [3.05, 3.63) is 48.0 Å². The molecule has 0 unspecified atom stereocenters. The molecule has 0 saturated carbocycles. The van der Waals surface area contributed by atoms with Gasteiger partial charge in [0.2, 0.25) is 15.9 Å². The Morgan fingerprint density at radius 1 is 1.07 bits per heavy atom. The smallest absolute Gasteiger partial charge is 0.261 e. The molecular weight excluding hydrogens is 406 g/mol. The number of nitrogens with zero attached hydrogens (tertiary/aromatic N) is 1. The second-order valence-corrected chi connectivity index (χ2v) is 9.68. The van der Waals surface area contributed by atoms with Crippen molar-refractivity contribution < 1.29 is 26.4 Å². The van der Waals surface area contributed by atoms with Crippen molar-refractivity contribution in [2.24, 2.45) is 5.73 Å². The number of ether oxygens (including phenoxy) is 1. The van der Waals surface area contributed by atoms with Crippen LogP contribution in [-0.4, -0.2) is 47.8 Å². The zero-order valence-electron chi connectivity index (χ0n) is 15.5. The van der Waals surface area contributed by atoms with Gasteiger partial charge in [0.05, 0.1) is 17.2 Å². The summed E-state index contributed by atoms with van der Waals surface area (Å²) in [5.74, 6) is -0.563. The van der Waals surface area contributed by atoms with Gasteiger partial charge in [-0.15, -0.1) is 0 Å². The van der Waals surface area contributed by atoms with Crippen LogP contribution in [0.5, 0.6) is 5.75 Å². The van der Waals surface area contributed by atoms with Crippen LogP contribution >= 0.6 is 0 Å². The van der Waals surface area contributed by atoms with Crippen LogP contribution < -0.4 is 15.2 Å². The summed E-state index contributed by atoms with van der Waals surface area (Å²) >= 11 is 0. The average Bonchev–Trinajstić information content (AvgIpc) is 2.62. The summed E-state index contributed by atoms with van der Waals surface area (Å²) in [6.07, 6.45) is 0. The van der Waals surface area contributed by atoms with Crippen LogP contribution in [0, 0.1) is 0 Å². The monoisotopic (exact) mass is 427 g/mol. The molecule has 3 N–H and O–H groups in total. The number of anilines is 1. The van der Waals surface area contributed by atoms with E-state index in [2.05, 4.69) is 4.72 Å². The zero-order chi connectivity index (χ0) is 21.1. The van der Waals surface area contributed by atoms with E-state index < -0.39 is 26.0 Å². The second kappa shape index (κ2) is 8.17. The van der Waals surface area contributed by atoms with Gasteiger partial charge in [0.1, 0.15) is 10.6 Å². The van der Waals surface area contributed by atoms with E-state index in [9.17, 15) is 21.6 Å². The topological polar surface area (TPSA) is 136 Å². The Morgan fingerprint density at radius 3 is 2.18 bits per heavy atom. The predicted molar refractivity (Wildman–Crippen MR) is 104 cm³/mol. The molecule has 0 saturated heterocycles. The third kappa shape index (κ3) is 4.61. The van der Waals surface area contributed by atoms with E-state index in [4.69, 9.17) is 10.5 Å². The van der Waals surface area contributed by atoms with Crippen LogP contribution in [-0.2, 0) is 20.0 Å². The quantitative estimate of drug-likeness (QED) is 0.650. The lowest BCUT2D eigenvalue weighted by atomic mass is 10.2. The maximum absolute atomic E-state index is 12.6. The first-order valence-corrected chi connectivity index (χ1v) is 11.0. The average molecular weight is 428 g/mol. The summed E-state index contributed by atoms with van der Waals surface area (Å²) < 4.78 is 58.9. The molecule has 2 rings (SSSR count). The summed E-state index contributed by atoms with van der Waals surface area (Å²) in [5, 5.41) is 0. The highest BCUT2D eigenvalue weighted by atomic mass is 32.2. The summed E-state index contributed by atoms with van der Waals surface area (Å²) in [6.45, 7) is 1.95. The van der Waals surface area contributed by atoms with Crippen LogP contribution in [0.3, 0.4) is 0 Å². The van der Waals surface area contributed by atoms with Crippen molar-refractivity contribution in [2.75, 3.05) is 25.4 Å². The molecule has 0 aliphatic rings. The summed E-state index contributed by atoms with van der Waals surface area (Å²) in [4.78, 5) is 10.8. The van der Waals surface area contributed by atoms with Crippen molar-refractivity contribution >= 4 is 31.6 Å². The van der Waals surface area contributed by atoms with Crippen LogP contribution in [0.2, 0.25) is 0 Å². The number of sulfonamides is 2. The van der Waals surface area contributed by atoms with Crippen LogP contribution in [0.4, 0.5) is 5.69 Å². The number of nitrogens with two attached hydrogens (primary N) is 1. The molecule has 0 heterocycles. The minimum absolute atomic E-state index is 0.0443. The molecule has 11 heteroatoms. The lowest BCUT2D eigenvalue weighted by Crippen LogP contribution is -2.23. The minimum Gasteiger partial charge on any atom is -0.492 e. The largest absolute Gasteiger partial charge is 0.492 e. The van der Waals surface area contributed by atoms with E-state index in [0.717, 1.165) is 4.31 Å². The van der Waals surface area contributed by atoms with Crippen molar-refractivity contribution in [1.29, 1.82) is 0 Å². The molecule has 9 nitrogen and oxygen atoms in total. The van der Waals surface area contributed by atoms with E-state index in [-0.39, 0.29) is 33.4 Å². The normalized spacial score (nSPS) is 12.0. The fourth-order valence-electron chi connectivity index (χ4n) is 2.26. The molecule has 152 valence electrons. The number of primary amides is 1. The number of hydrogen-bond acceptors (Lipinski definition) is 6. The van der Waals surface area contributed by atoms with Gasteiger partial charge in [-0.2, -0.15) is 0 Å². The predicted octanol–water partition coefficient (Wildman–Crippen LogP) is 1.24. The number of carbonyl (C=O) groups excluding carboxylic acids is 1. The Bertz CT molecular complexity index is 1080. The number of rotatable bonds is 8. The van der Waals surface area contributed by atoms with Gasteiger partial charge in [-0.05, 0) is 49.4 Å². The highest BCUT2D eigenvalue weighted by Gasteiger charge is 2.24. The van der Waals surface area contributed by atoms with E-state index in [1.807, 2.05) is 0 Å². The maximum atomic E-state index is 12.6. The number of hydrogen-bond donors (Lipinski definition) is 2. The molecule has 0 bridgehead atoms. The molecule has 0 aromatic heterocycles. The van der Waals surface area contributed by atoms with Gasteiger partial charge in [0.25, 0.3) is 10.0 Å². The lowest BCUT2D eigenvalue weighted by molar-refractivity contribution is 0.1000. The highest BCUT2D eigenvalue weighted by molar-refractivity contribution is 7.92. The van der Waals surface area contributed by atoms with Crippen molar-refractivity contribution in [3.8, 4) is 5.75 Å². The van der Waals surface area contributed by atoms with Crippen molar-refractivity contribution in [1.82, 2.24) is 4.31 Å². The first kappa shape index (κ1) is 21.7. The third-order valence-electron chi connectivity index (χ3n) is 3.70. The minimum atomic E-state index is -4.01. The van der Waals surface area contributed by atoms with Crippen molar-refractivity contribution in [2.45, 2.75) is 16.7 Å². The Labute approximate surface area is 164 Å². The molecule has 28 heavy (non-hydrogen) atoms. The summed E-state index contributed by atoms with van der Waals surface area (Å²) in [6, 6.07) is 9.01. The molecule has 1 amide bonds. The first-order valence-electron chi connectivity index (χ1n) is 8.11. The van der Waals surface area contributed by atoms with E-state index in [1.165, 1.54) is 56.6 Å². The Morgan fingerprint density at radius 2 is 1.68 bits per heavy atom. The SMILES string of the molecule is CCOc1ccc(NS(=O)(=O)c2ccc(C(N)=O)cc2)cc1S(=O)(=O)N(C)C. The van der Waals surface area contributed by atoms with E-state index >= 15 is 0 Å². The van der Waals surface area contributed by atoms with E-state index in [1.54, 1.807) is 6.92 Å². The lowest BCUT2D eigenvalue weighted by Gasteiger charge is -2.17. The molecular formula is C17H21N3O6S2. The number of amides is 1. The van der Waals surface area contributed by atoms with Gasteiger partial charge >= 0.3 is 0 Å². The first-order chi connectivity index (χ1) is 13.0. The highest BCUT2D eigenvalue weighted by Crippen LogP contribution is 2.30. The Balaban J connectivity index is 2.44. The molecule has 0 fully saturated rings. The van der Waals surface area contributed by atoms with Crippen LogP contribution in [0.1, 0.15) is 17.3 Å². The molecule has 0 aliphatic heterocycles. The van der Waals surface area contributed by atoms with Gasteiger partial charge in [-0.3, -0.25) is 9.52 Å². The number of benzene rings is 2. The standard InChI is InChI=1S/C17H21N3O6S2/c1-4-26-15-10-7-13(11-16(15)28(24,25)20(2)3)19-27(22,23)14-8-5-12(6-9-14)17(18)21/h5-11,19H,4H2,1-3H3,(H2,18,21). The molecule has 2 aromatic carbocycles. The van der Waals surface area contributed by atoms with Gasteiger partial charge in [0, 0.05) is 19.7 Å². The molecule has 0 radical (unpaired) electrons. The van der Waals surface area contributed by atoms with Gasteiger partial charge in [-0.1, -0.05) is 0 Å². The summed E-state index contributed by atoms with van der Waals surface area (Å²) in [7, 11) is -5.15. The maximum Gasteiger partial charge on any atom is 0.261 e. The Kier molecular flexibility index (Phi) is 6.32. The third-order valence-corrected chi connectivity index (χ3v) is 6.94. The fourth-order valence-corrected chi connectivity index (χ4v) is 4.36. The summed E-state index contributed by atoms with van der Waals surface area (Å²) in [5.41, 5.74) is 5.35.